The lowest BCUT2D eigenvalue weighted by atomic mass is 9.98. The van der Waals surface area contributed by atoms with Gasteiger partial charge in [-0.25, -0.2) is 4.98 Å². The Balaban J connectivity index is 1.27. The van der Waals surface area contributed by atoms with Gasteiger partial charge in [0.2, 0.25) is 0 Å². The summed E-state index contributed by atoms with van der Waals surface area (Å²) in [6, 6.07) is 10.5. The van der Waals surface area contributed by atoms with Gasteiger partial charge in [-0.1, -0.05) is 6.07 Å². The number of hydrogen-bond donors (Lipinski definition) is 2. The fourth-order valence-electron chi connectivity index (χ4n) is 5.36. The van der Waals surface area contributed by atoms with Gasteiger partial charge in [-0.15, -0.1) is 0 Å². The second-order valence-electron chi connectivity index (χ2n) is 8.91. The molecule has 0 amide bonds. The zero-order chi connectivity index (χ0) is 22.5. The summed E-state index contributed by atoms with van der Waals surface area (Å²) in [5.74, 6) is 2.16. The van der Waals surface area contributed by atoms with E-state index in [0.29, 0.717) is 23.7 Å². The number of hydrogen-bond acceptors (Lipinski definition) is 4. The number of pyridine rings is 1. The first-order valence-electron chi connectivity index (χ1n) is 11.0. The number of aromatic nitrogens is 2. The molecule has 3 unspecified atom stereocenters. The zero-order valence-electron chi connectivity index (χ0n) is 18.2. The van der Waals surface area contributed by atoms with Gasteiger partial charge >= 0.3 is 6.18 Å². The van der Waals surface area contributed by atoms with E-state index >= 15 is 0 Å². The van der Waals surface area contributed by atoms with Gasteiger partial charge < -0.3 is 19.9 Å². The van der Waals surface area contributed by atoms with E-state index in [-0.39, 0.29) is 0 Å². The molecule has 3 aromatic rings. The molecular formula is C24H27F3N4O. The number of fused-ring (bicyclic) bond motifs is 2. The van der Waals surface area contributed by atoms with Crippen LogP contribution < -0.4 is 15.0 Å². The maximum absolute atomic E-state index is 13.1. The van der Waals surface area contributed by atoms with Gasteiger partial charge in [0.05, 0.1) is 7.11 Å². The predicted molar refractivity (Wildman–Crippen MR) is 118 cm³/mol. The van der Waals surface area contributed by atoms with Crippen molar-refractivity contribution < 1.29 is 17.9 Å². The molecule has 0 spiro atoms. The molecule has 2 fully saturated rings. The van der Waals surface area contributed by atoms with Crippen LogP contribution in [-0.4, -0.2) is 36.2 Å². The van der Waals surface area contributed by atoms with Crippen molar-refractivity contribution in [2.45, 2.75) is 38.5 Å². The summed E-state index contributed by atoms with van der Waals surface area (Å²) < 4.78 is 44.5. The molecule has 1 aliphatic carbocycles. The molecule has 5 nitrogen and oxygen atoms in total. The summed E-state index contributed by atoms with van der Waals surface area (Å²) in [5, 5.41) is 4.88. The number of ether oxygens (including phenoxy) is 1. The molecule has 5 rings (SSSR count). The van der Waals surface area contributed by atoms with Gasteiger partial charge in [0.25, 0.3) is 0 Å². The van der Waals surface area contributed by atoms with Gasteiger partial charge in [-0.05, 0) is 67.5 Å². The van der Waals surface area contributed by atoms with Crippen LogP contribution in [0.3, 0.4) is 0 Å². The number of anilines is 1. The number of nitrogens with zero attached hydrogens (tertiary/aromatic N) is 2. The van der Waals surface area contributed by atoms with Gasteiger partial charge in [-0.3, -0.25) is 0 Å². The number of rotatable bonds is 5. The van der Waals surface area contributed by atoms with Crippen LogP contribution in [0.15, 0.2) is 36.4 Å². The van der Waals surface area contributed by atoms with Gasteiger partial charge in [0.15, 0.2) is 0 Å². The smallest absolute Gasteiger partial charge is 0.433 e. The molecular weight excluding hydrogens is 417 g/mol. The lowest BCUT2D eigenvalue weighted by molar-refractivity contribution is -0.141. The molecule has 2 aromatic heterocycles. The lowest BCUT2D eigenvalue weighted by Gasteiger charge is -2.23. The van der Waals surface area contributed by atoms with Crippen LogP contribution in [-0.2, 0) is 12.7 Å². The molecule has 1 aromatic carbocycles. The fraction of sp³-hybridized carbons (Fsp3) is 0.458. The second kappa shape index (κ2) is 7.99. The Hall–Kier alpha value is -2.74. The van der Waals surface area contributed by atoms with E-state index in [4.69, 9.17) is 4.74 Å². The normalized spacial score (nSPS) is 23.2. The van der Waals surface area contributed by atoms with Crippen molar-refractivity contribution in [2.24, 2.45) is 11.8 Å². The monoisotopic (exact) mass is 444 g/mol. The van der Waals surface area contributed by atoms with Crippen molar-refractivity contribution in [1.82, 2.24) is 15.3 Å². The quantitative estimate of drug-likeness (QED) is 0.588. The minimum Gasteiger partial charge on any atom is -0.497 e. The number of halogens is 3. The average molecular weight is 445 g/mol. The predicted octanol–water partition coefficient (Wildman–Crippen LogP) is 4.90. The highest BCUT2D eigenvalue weighted by Crippen LogP contribution is 2.40. The Morgan fingerprint density at radius 3 is 2.81 bits per heavy atom. The highest BCUT2D eigenvalue weighted by atomic mass is 19.4. The van der Waals surface area contributed by atoms with E-state index in [2.05, 4.69) is 22.2 Å². The highest BCUT2D eigenvalue weighted by molar-refractivity contribution is 5.85. The van der Waals surface area contributed by atoms with E-state index in [0.717, 1.165) is 60.9 Å². The number of benzene rings is 1. The Morgan fingerprint density at radius 2 is 2.03 bits per heavy atom. The maximum Gasteiger partial charge on any atom is 0.433 e. The molecule has 1 aliphatic heterocycles. The first kappa shape index (κ1) is 21.1. The van der Waals surface area contributed by atoms with Gasteiger partial charge in [0.1, 0.15) is 17.3 Å². The lowest BCUT2D eigenvalue weighted by Crippen LogP contribution is -2.35. The molecule has 8 heteroatoms. The van der Waals surface area contributed by atoms with Crippen LogP contribution in [0.2, 0.25) is 0 Å². The van der Waals surface area contributed by atoms with E-state index in [1.54, 1.807) is 13.2 Å². The molecule has 32 heavy (non-hydrogen) atoms. The van der Waals surface area contributed by atoms with E-state index in [9.17, 15) is 13.2 Å². The minimum atomic E-state index is -4.42. The summed E-state index contributed by atoms with van der Waals surface area (Å²) in [6.45, 7) is 4.35. The van der Waals surface area contributed by atoms with Gasteiger partial charge in [0, 0.05) is 42.3 Å². The van der Waals surface area contributed by atoms with Crippen molar-refractivity contribution in [3.63, 3.8) is 0 Å². The molecule has 1 saturated carbocycles. The summed E-state index contributed by atoms with van der Waals surface area (Å²) >= 11 is 0. The number of nitrogens with one attached hydrogen (secondary N) is 2. The molecule has 3 atom stereocenters. The van der Waals surface area contributed by atoms with E-state index in [1.165, 1.54) is 11.6 Å². The van der Waals surface area contributed by atoms with Crippen molar-refractivity contribution >= 4 is 16.7 Å². The molecule has 170 valence electrons. The maximum atomic E-state index is 13.1. The van der Waals surface area contributed by atoms with Crippen molar-refractivity contribution in [3.8, 4) is 5.75 Å². The third kappa shape index (κ3) is 3.81. The van der Waals surface area contributed by atoms with Crippen molar-refractivity contribution in [1.29, 1.82) is 0 Å². The van der Waals surface area contributed by atoms with Crippen LogP contribution in [0.1, 0.15) is 29.8 Å². The average Bonchev–Trinajstić information content (AvgIpc) is 3.45. The summed E-state index contributed by atoms with van der Waals surface area (Å²) in [5.41, 5.74) is 2.63. The molecule has 1 saturated heterocycles. The van der Waals surface area contributed by atoms with Crippen molar-refractivity contribution in [2.75, 3.05) is 25.1 Å². The highest BCUT2D eigenvalue weighted by Gasteiger charge is 2.43. The Morgan fingerprint density at radius 1 is 1.19 bits per heavy atom. The van der Waals surface area contributed by atoms with Crippen LogP contribution in [0, 0.1) is 18.8 Å². The molecule has 2 aliphatic rings. The SMILES string of the molecule is COc1ccc2[nH]c(CNC3CCC4CN(c5cccc(C(F)(F)F)n5)CC43)c(C)c2c1. The van der Waals surface area contributed by atoms with E-state index < -0.39 is 11.9 Å². The standard InChI is InChI=1S/C24H27F3N4O/c1-14-17-10-16(32-2)7-9-20(17)29-21(14)11-28-19-8-6-15-12-31(13-18(15)19)23-5-3-4-22(30-23)24(25,26)27/h3-5,7,9-10,15,18-19,28-29H,6,8,11-13H2,1-2H3. The molecule has 0 bridgehead atoms. The van der Waals surface area contributed by atoms with Crippen molar-refractivity contribution in [3.05, 3.63) is 53.3 Å². The van der Waals surface area contributed by atoms with Crippen LogP contribution in [0.5, 0.6) is 5.75 Å². The Bertz CT molecular complexity index is 1130. The number of aryl methyl sites for hydroxylation is 1. The number of methoxy groups -OCH3 is 1. The number of H-pyrrole nitrogens is 1. The summed E-state index contributed by atoms with van der Waals surface area (Å²) in [4.78, 5) is 9.41. The number of aromatic amines is 1. The zero-order valence-corrected chi connectivity index (χ0v) is 18.2. The van der Waals surface area contributed by atoms with Crippen LogP contribution in [0.4, 0.5) is 19.0 Å². The largest absolute Gasteiger partial charge is 0.497 e. The third-order valence-electron chi connectivity index (χ3n) is 7.12. The summed E-state index contributed by atoms with van der Waals surface area (Å²) in [6.07, 6.45) is -2.25. The topological polar surface area (TPSA) is 53.2 Å². The minimum absolute atomic E-state index is 0.344. The Kier molecular flexibility index (Phi) is 5.28. The Labute approximate surface area is 185 Å². The van der Waals surface area contributed by atoms with E-state index in [1.807, 2.05) is 23.1 Å². The fourth-order valence-corrected chi connectivity index (χ4v) is 5.36. The van der Waals surface area contributed by atoms with Crippen LogP contribution in [0.25, 0.3) is 10.9 Å². The van der Waals surface area contributed by atoms with Crippen LogP contribution >= 0.6 is 0 Å². The number of alkyl halides is 3. The first-order valence-corrected chi connectivity index (χ1v) is 11.0. The summed E-state index contributed by atoms with van der Waals surface area (Å²) in [7, 11) is 1.67. The third-order valence-corrected chi connectivity index (χ3v) is 7.12. The first-order chi connectivity index (χ1) is 15.3. The second-order valence-corrected chi connectivity index (χ2v) is 8.91. The molecule has 2 N–H and O–H groups in total. The molecule has 0 radical (unpaired) electrons. The molecule has 3 heterocycles. The van der Waals surface area contributed by atoms with Gasteiger partial charge in [-0.2, -0.15) is 13.2 Å².